The summed E-state index contributed by atoms with van der Waals surface area (Å²) in [6.45, 7) is 13.2. The number of piperidine rings is 1. The second-order valence-electron chi connectivity index (χ2n) is 15.9. The number of para-hydroxylation sites is 1. The Kier molecular flexibility index (Phi) is 10.5. The Labute approximate surface area is 302 Å². The van der Waals surface area contributed by atoms with Gasteiger partial charge in [-0.25, -0.2) is 4.79 Å². The molecule has 1 N–H and O–H groups in total. The number of carbonyl (C=O) groups is 3. The van der Waals surface area contributed by atoms with Gasteiger partial charge < -0.3 is 24.9 Å². The smallest absolute Gasteiger partial charge is 0.322 e. The Morgan fingerprint density at radius 1 is 0.960 bits per heavy atom. The third-order valence-electron chi connectivity index (χ3n) is 11.3. The Morgan fingerprint density at radius 3 is 2.46 bits per heavy atom. The number of urea groups is 1. The number of thioether (sulfide) groups is 1. The van der Waals surface area contributed by atoms with Gasteiger partial charge in [-0.1, -0.05) is 75.4 Å². The number of rotatable bonds is 8. The van der Waals surface area contributed by atoms with Crippen molar-refractivity contribution in [3.8, 4) is 0 Å². The average molecular weight is 699 g/mol. The van der Waals surface area contributed by atoms with Crippen LogP contribution >= 0.6 is 11.8 Å². The lowest BCUT2D eigenvalue weighted by Gasteiger charge is -2.44. The second-order valence-corrected chi connectivity index (χ2v) is 17.2. The number of fused-ring (bicyclic) bond motifs is 1. The minimum Gasteiger partial charge on any atom is -0.369 e. The van der Waals surface area contributed by atoms with Crippen LogP contribution in [0.5, 0.6) is 0 Å². The van der Waals surface area contributed by atoms with Crippen LogP contribution in [0.1, 0.15) is 64.9 Å². The zero-order valence-corrected chi connectivity index (χ0v) is 30.8. The van der Waals surface area contributed by atoms with Crippen LogP contribution in [0.3, 0.4) is 0 Å². The molecule has 7 rings (SSSR count). The molecule has 0 saturated carbocycles. The topological polar surface area (TPSA) is 79.4 Å². The minimum atomic E-state index is -0.378. The first-order valence-corrected chi connectivity index (χ1v) is 19.7. The van der Waals surface area contributed by atoms with Crippen LogP contribution in [0.25, 0.3) is 0 Å². The number of piperazine rings is 1. The Bertz CT molecular complexity index is 1550. The summed E-state index contributed by atoms with van der Waals surface area (Å²) in [6.07, 6.45) is 20.8. The lowest BCUT2D eigenvalue weighted by atomic mass is 9.90. The van der Waals surface area contributed by atoms with Crippen molar-refractivity contribution >= 4 is 35.3 Å². The van der Waals surface area contributed by atoms with Crippen molar-refractivity contribution in [3.63, 3.8) is 0 Å². The number of nitrogens with zero attached hydrogens (tertiary/aromatic N) is 5. The predicted molar refractivity (Wildman–Crippen MR) is 201 cm³/mol. The summed E-state index contributed by atoms with van der Waals surface area (Å²) in [5.74, 6) is 0.321. The predicted octanol–water partition coefficient (Wildman–Crippen LogP) is 6.08. The van der Waals surface area contributed by atoms with Gasteiger partial charge in [0, 0.05) is 88.2 Å². The largest absolute Gasteiger partial charge is 0.369 e. The molecule has 0 bridgehead atoms. The number of nitrogens with one attached hydrogen (secondary N) is 1. The minimum absolute atomic E-state index is 0.0120. The van der Waals surface area contributed by atoms with E-state index in [0.29, 0.717) is 26.2 Å². The molecule has 3 saturated heterocycles. The van der Waals surface area contributed by atoms with Crippen molar-refractivity contribution in [1.29, 1.82) is 0 Å². The molecule has 4 heterocycles. The number of carbonyl (C=O) groups excluding carboxylic acids is 3. The second kappa shape index (κ2) is 15.0. The van der Waals surface area contributed by atoms with E-state index in [1.807, 2.05) is 28.0 Å². The molecule has 0 aromatic heterocycles. The molecule has 1 aromatic carbocycles. The number of likely N-dealkylation sites (tertiary alicyclic amines) is 1. The lowest BCUT2D eigenvalue weighted by molar-refractivity contribution is -0.137. The summed E-state index contributed by atoms with van der Waals surface area (Å²) >= 11 is 1.71. The highest BCUT2D eigenvalue weighted by molar-refractivity contribution is 8.01. The number of benzene rings is 1. The summed E-state index contributed by atoms with van der Waals surface area (Å²) in [6, 6.07) is 8.19. The summed E-state index contributed by atoms with van der Waals surface area (Å²) in [5.41, 5.74) is 3.46. The summed E-state index contributed by atoms with van der Waals surface area (Å²) in [4.78, 5) is 52.0. The van der Waals surface area contributed by atoms with Gasteiger partial charge in [-0.15, -0.1) is 11.8 Å². The summed E-state index contributed by atoms with van der Waals surface area (Å²) in [5, 5.41) is 2.64. The molecular formula is C40H54N6O3S. The van der Waals surface area contributed by atoms with Crippen LogP contribution < -0.4 is 5.32 Å². The third kappa shape index (κ3) is 7.71. The Hall–Kier alpha value is -3.50. The monoisotopic (exact) mass is 698 g/mol. The third-order valence-corrected chi connectivity index (χ3v) is 12.8. The quantitative estimate of drug-likeness (QED) is 0.355. The van der Waals surface area contributed by atoms with Crippen LogP contribution in [0.2, 0.25) is 0 Å². The van der Waals surface area contributed by atoms with Gasteiger partial charge in [0.25, 0.3) is 0 Å². The fourth-order valence-corrected chi connectivity index (χ4v) is 9.94. The van der Waals surface area contributed by atoms with Gasteiger partial charge >= 0.3 is 6.03 Å². The van der Waals surface area contributed by atoms with E-state index in [4.69, 9.17) is 0 Å². The van der Waals surface area contributed by atoms with E-state index in [9.17, 15) is 14.4 Å². The summed E-state index contributed by atoms with van der Waals surface area (Å²) in [7, 11) is 0. The van der Waals surface area contributed by atoms with Gasteiger partial charge in [-0.2, -0.15) is 0 Å². The van der Waals surface area contributed by atoms with Crippen molar-refractivity contribution in [3.05, 3.63) is 78.1 Å². The Balaban J connectivity index is 0.989. The number of allylic oxidation sites excluding steroid dienone is 5. The lowest BCUT2D eigenvalue weighted by Crippen LogP contribution is -2.54. The van der Waals surface area contributed by atoms with E-state index >= 15 is 0 Å². The van der Waals surface area contributed by atoms with Gasteiger partial charge in [0.1, 0.15) is 0 Å². The van der Waals surface area contributed by atoms with E-state index in [-0.39, 0.29) is 58.3 Å². The van der Waals surface area contributed by atoms with Crippen LogP contribution in [-0.2, 0) is 16.1 Å². The molecule has 268 valence electrons. The molecule has 0 radical (unpaired) electrons. The van der Waals surface area contributed by atoms with E-state index < -0.39 is 0 Å². The van der Waals surface area contributed by atoms with Crippen LogP contribution in [0.4, 0.5) is 10.5 Å². The average Bonchev–Trinajstić information content (AvgIpc) is 3.44. The molecule has 4 unspecified atom stereocenters. The Morgan fingerprint density at radius 2 is 1.72 bits per heavy atom. The molecule has 50 heavy (non-hydrogen) atoms. The van der Waals surface area contributed by atoms with Gasteiger partial charge in [-0.05, 0) is 55.2 Å². The van der Waals surface area contributed by atoms with E-state index in [1.54, 1.807) is 11.8 Å². The van der Waals surface area contributed by atoms with Crippen molar-refractivity contribution in [1.82, 2.24) is 24.5 Å². The molecule has 2 aliphatic carbocycles. The SMILES string of the molecule is CC(C)(C)CCN1C(=O)C(CC(=O)N2CCC(N3Cc4ccccc4NC3=O)CC2)SC1C1C=CC=CC1N1CCN(C2=CCCC=C2)CC1. The van der Waals surface area contributed by atoms with Crippen molar-refractivity contribution in [2.45, 2.75) is 88.5 Å². The summed E-state index contributed by atoms with van der Waals surface area (Å²) < 4.78 is 0. The first-order chi connectivity index (χ1) is 24.1. The molecule has 6 aliphatic rings. The molecule has 4 amide bonds. The van der Waals surface area contributed by atoms with Gasteiger partial charge in [-0.3, -0.25) is 14.5 Å². The van der Waals surface area contributed by atoms with Crippen molar-refractivity contribution in [2.75, 3.05) is 51.1 Å². The number of hydrogen-bond acceptors (Lipinski definition) is 6. The first kappa shape index (κ1) is 34.9. The number of amides is 4. The molecule has 4 atom stereocenters. The molecule has 3 fully saturated rings. The first-order valence-electron chi connectivity index (χ1n) is 18.7. The molecule has 1 aromatic rings. The maximum atomic E-state index is 14.2. The molecule has 9 nitrogen and oxygen atoms in total. The zero-order chi connectivity index (χ0) is 34.8. The molecular weight excluding hydrogens is 645 g/mol. The fraction of sp³-hybridized carbons (Fsp3) is 0.575. The normalized spacial score (nSPS) is 27.9. The van der Waals surface area contributed by atoms with Crippen molar-refractivity contribution < 1.29 is 14.4 Å². The highest BCUT2D eigenvalue weighted by Crippen LogP contribution is 2.43. The van der Waals surface area contributed by atoms with Gasteiger partial charge in [0.05, 0.1) is 10.6 Å². The van der Waals surface area contributed by atoms with E-state index in [2.05, 4.69) is 89.4 Å². The van der Waals surface area contributed by atoms with Crippen LogP contribution in [0, 0.1) is 11.3 Å². The van der Waals surface area contributed by atoms with Gasteiger partial charge in [0.15, 0.2) is 0 Å². The maximum absolute atomic E-state index is 14.2. The number of anilines is 1. The molecule has 10 heteroatoms. The van der Waals surface area contributed by atoms with Crippen LogP contribution in [-0.4, -0.2) is 111 Å². The molecule has 0 spiro atoms. The van der Waals surface area contributed by atoms with Crippen molar-refractivity contribution in [2.24, 2.45) is 11.3 Å². The molecule has 4 aliphatic heterocycles. The van der Waals surface area contributed by atoms with E-state index in [0.717, 1.165) is 69.5 Å². The van der Waals surface area contributed by atoms with E-state index in [1.165, 1.54) is 5.70 Å². The van der Waals surface area contributed by atoms with Gasteiger partial charge in [0.2, 0.25) is 11.8 Å². The maximum Gasteiger partial charge on any atom is 0.322 e. The standard InChI is InChI=1S/C40H54N6O3S/c1-40(2,3)19-22-45-37(48)35(27-36(47)44-20-17-31(18-21-44)46-28-29-11-7-9-15-33(29)41-39(46)49)50-38(45)32-14-8-10-16-34(32)43-25-23-42(24-26-43)30-12-5-4-6-13-30/h5,7-16,31-32,34-35,38H,4,6,17-28H2,1-3H3,(H,41,49). The fourth-order valence-electron chi connectivity index (χ4n) is 8.32. The number of hydrogen-bond donors (Lipinski definition) is 1. The van der Waals surface area contributed by atoms with Crippen LogP contribution in [0.15, 0.2) is 72.5 Å². The highest BCUT2D eigenvalue weighted by atomic mass is 32.2. The highest BCUT2D eigenvalue weighted by Gasteiger charge is 2.47. The zero-order valence-electron chi connectivity index (χ0n) is 30.0.